The lowest BCUT2D eigenvalue weighted by Gasteiger charge is -2.28. The Bertz CT molecular complexity index is 554. The summed E-state index contributed by atoms with van der Waals surface area (Å²) in [6.07, 6.45) is 3.83. The van der Waals surface area contributed by atoms with Crippen molar-refractivity contribution in [1.82, 2.24) is 0 Å². The summed E-state index contributed by atoms with van der Waals surface area (Å²) >= 11 is 0. The van der Waals surface area contributed by atoms with Gasteiger partial charge in [0.15, 0.2) is 5.78 Å². The summed E-state index contributed by atoms with van der Waals surface area (Å²) < 4.78 is 0. The molecule has 0 saturated carbocycles. The van der Waals surface area contributed by atoms with Gasteiger partial charge < -0.3 is 0 Å². The summed E-state index contributed by atoms with van der Waals surface area (Å²) in [5.41, 5.74) is 4.00. The molecule has 1 aromatic rings. The zero-order valence-corrected chi connectivity index (χ0v) is 17.2. The van der Waals surface area contributed by atoms with Gasteiger partial charge in [-0.05, 0) is 31.0 Å². The Morgan fingerprint density at radius 3 is 2.04 bits per heavy atom. The molecule has 0 fully saturated rings. The Morgan fingerprint density at radius 1 is 1.00 bits per heavy atom. The third-order valence-electron chi connectivity index (χ3n) is 5.63. The van der Waals surface area contributed by atoms with Crippen LogP contribution in [0.1, 0.15) is 70.7 Å². The molecule has 0 N–H and O–H groups in total. The highest BCUT2D eigenvalue weighted by atomic mass is 28.3. The minimum Gasteiger partial charge on any atom is -0.292 e. The molecule has 0 amide bonds. The quantitative estimate of drug-likeness (QED) is 0.284. The van der Waals surface area contributed by atoms with E-state index in [4.69, 9.17) is 0 Å². The van der Waals surface area contributed by atoms with Gasteiger partial charge in [0.25, 0.3) is 0 Å². The highest BCUT2D eigenvalue weighted by molar-refractivity contribution is 6.87. The maximum absolute atomic E-state index is 13.3. The number of unbranched alkanes of at least 4 members (excludes halogenated alkanes) is 1. The summed E-state index contributed by atoms with van der Waals surface area (Å²) in [5, 5.41) is 0. The molecule has 0 bridgehead atoms. The van der Waals surface area contributed by atoms with Gasteiger partial charge in [-0.3, -0.25) is 4.79 Å². The zero-order valence-electron chi connectivity index (χ0n) is 16.2. The largest absolute Gasteiger partial charge is 0.292 e. The lowest BCUT2D eigenvalue weighted by molar-refractivity contribution is 0.0843. The summed E-state index contributed by atoms with van der Waals surface area (Å²) in [5.74, 6) is 3.79. The van der Waals surface area contributed by atoms with Crippen LogP contribution in [0, 0.1) is 16.9 Å². The molecule has 1 aromatic carbocycles. The molecule has 0 aliphatic heterocycles. The van der Waals surface area contributed by atoms with Crippen molar-refractivity contribution in [3.8, 4) is 11.5 Å². The summed E-state index contributed by atoms with van der Waals surface area (Å²) in [7, 11) is -1.54. The Kier molecular flexibility index (Phi) is 8.49. The number of carbonyl (C=O) groups excluding carboxylic acids is 1. The molecule has 2 heteroatoms. The van der Waals surface area contributed by atoms with E-state index in [1.54, 1.807) is 0 Å². The first kappa shape index (κ1) is 20.7. The van der Waals surface area contributed by atoms with Crippen molar-refractivity contribution in [3.05, 3.63) is 35.9 Å². The number of carbonyl (C=O) groups is 1. The number of hydrogen-bond acceptors (Lipinski definition) is 1. The van der Waals surface area contributed by atoms with E-state index >= 15 is 0 Å². The molecular weight excluding hydrogens is 308 g/mol. The van der Waals surface area contributed by atoms with Gasteiger partial charge >= 0.3 is 0 Å². The van der Waals surface area contributed by atoms with Crippen LogP contribution in [-0.2, 0) is 0 Å². The SMILES string of the molecule is CCCCC(C#C[Si](CC)(CC)CC)(CC)C(=O)c1ccccc1. The molecule has 0 aliphatic rings. The van der Waals surface area contributed by atoms with Crippen LogP contribution < -0.4 is 0 Å². The minimum absolute atomic E-state index is 0.220. The maximum atomic E-state index is 13.3. The maximum Gasteiger partial charge on any atom is 0.180 e. The second-order valence-corrected chi connectivity index (χ2v) is 11.8. The fourth-order valence-electron chi connectivity index (χ4n) is 3.27. The van der Waals surface area contributed by atoms with E-state index < -0.39 is 13.5 Å². The van der Waals surface area contributed by atoms with E-state index in [2.05, 4.69) is 46.1 Å². The molecule has 0 saturated heterocycles. The molecule has 0 radical (unpaired) electrons. The lowest BCUT2D eigenvalue weighted by atomic mass is 9.75. The van der Waals surface area contributed by atoms with Crippen LogP contribution in [0.4, 0.5) is 0 Å². The molecule has 1 atom stereocenters. The predicted molar refractivity (Wildman–Crippen MR) is 108 cm³/mol. The van der Waals surface area contributed by atoms with E-state index in [9.17, 15) is 4.79 Å². The topological polar surface area (TPSA) is 17.1 Å². The van der Waals surface area contributed by atoms with Crippen molar-refractivity contribution in [1.29, 1.82) is 0 Å². The van der Waals surface area contributed by atoms with Gasteiger partial charge in [-0.25, -0.2) is 0 Å². The average Bonchev–Trinajstić information content (AvgIpc) is 2.66. The smallest absolute Gasteiger partial charge is 0.180 e. The molecule has 0 aromatic heterocycles. The van der Waals surface area contributed by atoms with Gasteiger partial charge in [-0.2, -0.15) is 0 Å². The first-order valence-electron chi connectivity index (χ1n) is 9.67. The van der Waals surface area contributed by atoms with E-state index in [0.29, 0.717) is 0 Å². The molecule has 0 heterocycles. The Hall–Kier alpha value is -1.33. The van der Waals surface area contributed by atoms with Gasteiger partial charge in [-0.15, -0.1) is 5.54 Å². The summed E-state index contributed by atoms with van der Waals surface area (Å²) in [6.45, 7) is 11.1. The Balaban J connectivity index is 3.32. The summed E-state index contributed by atoms with van der Waals surface area (Å²) in [6, 6.07) is 13.3. The zero-order chi connectivity index (χ0) is 18.1. The van der Waals surface area contributed by atoms with E-state index in [0.717, 1.165) is 31.2 Å². The van der Waals surface area contributed by atoms with Crippen LogP contribution in [0.3, 0.4) is 0 Å². The number of hydrogen-bond donors (Lipinski definition) is 0. The first-order chi connectivity index (χ1) is 11.5. The van der Waals surface area contributed by atoms with Crippen LogP contribution in [-0.4, -0.2) is 13.9 Å². The Labute approximate surface area is 150 Å². The minimum atomic E-state index is -1.54. The lowest BCUT2D eigenvalue weighted by Crippen LogP contribution is -2.33. The van der Waals surface area contributed by atoms with Crippen LogP contribution in [0.25, 0.3) is 0 Å². The monoisotopic (exact) mass is 342 g/mol. The van der Waals surface area contributed by atoms with Gasteiger partial charge in [0.2, 0.25) is 0 Å². The van der Waals surface area contributed by atoms with Crippen molar-refractivity contribution < 1.29 is 4.79 Å². The van der Waals surface area contributed by atoms with Crippen LogP contribution in [0.2, 0.25) is 18.1 Å². The third kappa shape index (κ3) is 4.83. The van der Waals surface area contributed by atoms with Crippen molar-refractivity contribution in [3.63, 3.8) is 0 Å². The number of rotatable bonds is 9. The average molecular weight is 343 g/mol. The molecule has 24 heavy (non-hydrogen) atoms. The summed E-state index contributed by atoms with van der Waals surface area (Å²) in [4.78, 5) is 13.3. The Morgan fingerprint density at radius 2 is 1.58 bits per heavy atom. The van der Waals surface area contributed by atoms with E-state index in [-0.39, 0.29) is 5.78 Å². The molecule has 0 spiro atoms. The number of Topliss-reactive ketones (excluding diaryl/α,β-unsaturated/α-hetero) is 1. The number of ketones is 1. The number of benzene rings is 1. The molecule has 132 valence electrons. The van der Waals surface area contributed by atoms with Gasteiger partial charge in [0.05, 0.1) is 5.41 Å². The normalized spacial score (nSPS) is 13.7. The second kappa shape index (κ2) is 9.84. The standard InChI is InChI=1S/C22H34OSi/c1-6-11-17-22(7-2,18-19-24(8-3,9-4)10-5)21(23)20-15-13-12-14-16-20/h12-16H,6-11,17H2,1-5H3. The van der Waals surface area contributed by atoms with Crippen LogP contribution >= 0.6 is 0 Å². The molecular formula is C22H34OSi. The molecule has 0 aliphatic carbocycles. The van der Waals surface area contributed by atoms with Crippen LogP contribution in [0.15, 0.2) is 30.3 Å². The van der Waals surface area contributed by atoms with Gasteiger partial charge in [0, 0.05) is 5.56 Å². The van der Waals surface area contributed by atoms with Gasteiger partial charge in [0.1, 0.15) is 8.07 Å². The highest BCUT2D eigenvalue weighted by Gasteiger charge is 2.36. The fourth-order valence-corrected chi connectivity index (χ4v) is 5.81. The van der Waals surface area contributed by atoms with Crippen molar-refractivity contribution in [2.24, 2.45) is 5.41 Å². The predicted octanol–water partition coefficient (Wildman–Crippen LogP) is 6.51. The van der Waals surface area contributed by atoms with E-state index in [1.165, 1.54) is 18.1 Å². The van der Waals surface area contributed by atoms with Crippen molar-refractivity contribution in [2.45, 2.75) is 78.4 Å². The van der Waals surface area contributed by atoms with E-state index in [1.807, 2.05) is 30.3 Å². The third-order valence-corrected chi connectivity index (χ3v) is 10.3. The van der Waals surface area contributed by atoms with Gasteiger partial charge in [-0.1, -0.05) is 83.7 Å². The highest BCUT2D eigenvalue weighted by Crippen LogP contribution is 2.33. The molecule has 1 unspecified atom stereocenters. The second-order valence-electron chi connectivity index (χ2n) is 6.83. The van der Waals surface area contributed by atoms with Crippen molar-refractivity contribution in [2.75, 3.05) is 0 Å². The molecule has 1 rings (SSSR count). The van der Waals surface area contributed by atoms with Crippen molar-refractivity contribution >= 4 is 13.9 Å². The first-order valence-corrected chi connectivity index (χ1v) is 12.3. The fraction of sp³-hybridized carbons (Fsp3) is 0.591. The molecule has 1 nitrogen and oxygen atoms in total. The van der Waals surface area contributed by atoms with Crippen LogP contribution in [0.5, 0.6) is 0 Å².